The molecule has 0 aromatic heterocycles. The van der Waals surface area contributed by atoms with E-state index in [4.69, 9.17) is 15.2 Å². The van der Waals surface area contributed by atoms with Crippen molar-refractivity contribution in [2.45, 2.75) is 137 Å². The lowest BCUT2D eigenvalue weighted by Crippen LogP contribution is -2.55. The number of rotatable bonds is 21. The van der Waals surface area contributed by atoms with Gasteiger partial charge in [-0.25, -0.2) is 0 Å². The Morgan fingerprint density at radius 2 is 1.58 bits per heavy atom. The Bertz CT molecular complexity index is 1580. The number of nitrogens with two attached hydrogens (primary N) is 1. The highest BCUT2D eigenvalue weighted by atomic mass is 16.5. The van der Waals surface area contributed by atoms with Crippen molar-refractivity contribution in [1.82, 2.24) is 25.3 Å². The summed E-state index contributed by atoms with van der Waals surface area (Å²) in [7, 11) is 6.68. The second-order valence-corrected chi connectivity index (χ2v) is 16.6. The topological polar surface area (TPSA) is 167 Å². The van der Waals surface area contributed by atoms with Crippen LogP contribution in [0.1, 0.15) is 105 Å². The first-order chi connectivity index (χ1) is 28.0. The Kier molecular flexibility index (Phi) is 22.1. The Hall–Kier alpha value is -4.04. The number of carbonyl (C=O) groups excluding carboxylic acids is 4. The van der Waals surface area contributed by atoms with Gasteiger partial charge in [-0.15, -0.1) is 0 Å². The van der Waals surface area contributed by atoms with E-state index in [1.165, 1.54) is 6.42 Å². The number of benzene rings is 2. The number of nitrogens with zero attached hydrogens (tertiary/aromatic N) is 3. The molecule has 2 aromatic rings. The fourth-order valence-corrected chi connectivity index (χ4v) is 8.18. The first-order valence-electron chi connectivity index (χ1n) is 21.4. The number of nitrogens with one attached hydrogen (secondary N) is 2. The minimum absolute atomic E-state index is 0.0213. The third-order valence-corrected chi connectivity index (χ3v) is 11.5. The summed E-state index contributed by atoms with van der Waals surface area (Å²) in [6.45, 7) is 16.6. The normalized spacial score (nSPS) is 18.1. The third kappa shape index (κ3) is 14.9. The predicted octanol–water partition coefficient (Wildman–Crippen LogP) is 5.42. The number of aliphatic hydroxyl groups excluding tert-OH is 1. The molecule has 1 fully saturated rings. The SMILES string of the molecule is CCC.CCC(C)C(C(CC(=O)N1CCCC1C(OC)C(C)C(=O)NC(C)C(O)c1ccccc1)OC)N(C)C(=O)CNC(=O)C(C(C)C)N(C)Cc1cccc(N)c1. The van der Waals surface area contributed by atoms with E-state index >= 15 is 0 Å². The highest BCUT2D eigenvalue weighted by molar-refractivity contribution is 5.88. The molecule has 1 heterocycles. The van der Waals surface area contributed by atoms with Crippen molar-refractivity contribution in [2.75, 3.05) is 47.1 Å². The average molecular weight is 825 g/mol. The fourth-order valence-electron chi connectivity index (χ4n) is 8.18. The van der Waals surface area contributed by atoms with Crippen LogP contribution in [0.5, 0.6) is 0 Å². The summed E-state index contributed by atoms with van der Waals surface area (Å²) >= 11 is 0. The van der Waals surface area contributed by atoms with Crippen LogP contribution < -0.4 is 16.4 Å². The van der Waals surface area contributed by atoms with Crippen LogP contribution >= 0.6 is 0 Å². The Morgan fingerprint density at radius 3 is 2.14 bits per heavy atom. The molecule has 59 heavy (non-hydrogen) atoms. The molecule has 5 N–H and O–H groups in total. The molecule has 1 aliphatic heterocycles. The van der Waals surface area contributed by atoms with Gasteiger partial charge in [0.25, 0.3) is 0 Å². The quantitative estimate of drug-likeness (QED) is 0.120. The van der Waals surface area contributed by atoms with Crippen LogP contribution in [0, 0.1) is 17.8 Å². The van der Waals surface area contributed by atoms with Crippen LogP contribution in [0.15, 0.2) is 54.6 Å². The zero-order chi connectivity index (χ0) is 44.4. The summed E-state index contributed by atoms with van der Waals surface area (Å²) < 4.78 is 11.9. The first-order valence-corrected chi connectivity index (χ1v) is 21.4. The average Bonchev–Trinajstić information content (AvgIpc) is 3.69. The minimum atomic E-state index is -0.882. The van der Waals surface area contributed by atoms with Crippen molar-refractivity contribution in [3.05, 3.63) is 65.7 Å². The summed E-state index contributed by atoms with van der Waals surface area (Å²) in [5, 5.41) is 16.6. The number of likely N-dealkylation sites (tertiary alicyclic amines) is 1. The molecule has 1 saturated heterocycles. The summed E-state index contributed by atoms with van der Waals surface area (Å²) in [4.78, 5) is 60.2. The summed E-state index contributed by atoms with van der Waals surface area (Å²) in [6, 6.07) is 14.9. The van der Waals surface area contributed by atoms with Gasteiger partial charge in [-0.3, -0.25) is 24.1 Å². The van der Waals surface area contributed by atoms with E-state index in [0.717, 1.165) is 18.4 Å². The molecular weight excluding hydrogens is 749 g/mol. The molecule has 332 valence electrons. The van der Waals surface area contributed by atoms with Crippen LogP contribution in [-0.2, 0) is 35.2 Å². The molecular formula is C46H76N6O7. The minimum Gasteiger partial charge on any atom is -0.399 e. The Labute approximate surface area is 354 Å². The van der Waals surface area contributed by atoms with Gasteiger partial charge in [-0.05, 0) is 61.9 Å². The van der Waals surface area contributed by atoms with Crippen LogP contribution in [-0.4, -0.2) is 121 Å². The zero-order valence-corrected chi connectivity index (χ0v) is 37.9. The van der Waals surface area contributed by atoms with Gasteiger partial charge < -0.3 is 40.7 Å². The Morgan fingerprint density at radius 1 is 0.932 bits per heavy atom. The van der Waals surface area contributed by atoms with Crippen LogP contribution in [0.3, 0.4) is 0 Å². The maximum Gasteiger partial charge on any atom is 0.242 e. The molecule has 0 aliphatic carbocycles. The van der Waals surface area contributed by atoms with Crippen molar-refractivity contribution in [3.63, 3.8) is 0 Å². The van der Waals surface area contributed by atoms with Crippen LogP contribution in [0.4, 0.5) is 5.69 Å². The third-order valence-electron chi connectivity index (χ3n) is 11.5. The highest BCUT2D eigenvalue weighted by Gasteiger charge is 2.42. The number of aliphatic hydroxyl groups is 1. The van der Waals surface area contributed by atoms with E-state index in [2.05, 4.69) is 24.5 Å². The summed E-state index contributed by atoms with van der Waals surface area (Å²) in [5.41, 5.74) is 8.32. The number of amides is 4. The predicted molar refractivity (Wildman–Crippen MR) is 235 cm³/mol. The maximum absolute atomic E-state index is 14.1. The number of nitrogen functional groups attached to an aromatic ring is 1. The van der Waals surface area contributed by atoms with Gasteiger partial charge in [0.05, 0.1) is 61.4 Å². The monoisotopic (exact) mass is 825 g/mol. The number of hydrogen-bond acceptors (Lipinski definition) is 9. The number of carbonyl (C=O) groups is 4. The van der Waals surface area contributed by atoms with Crippen molar-refractivity contribution >= 4 is 29.3 Å². The number of ether oxygens (including phenoxy) is 2. The lowest BCUT2D eigenvalue weighted by molar-refractivity contribution is -0.146. The molecule has 0 spiro atoms. The summed E-state index contributed by atoms with van der Waals surface area (Å²) in [6.07, 6.45) is 1.33. The van der Waals surface area contributed by atoms with Crippen molar-refractivity contribution in [2.24, 2.45) is 17.8 Å². The number of methoxy groups -OCH3 is 2. The smallest absolute Gasteiger partial charge is 0.242 e. The molecule has 3 rings (SSSR count). The molecule has 4 amide bonds. The van der Waals surface area contributed by atoms with Gasteiger partial charge in [0, 0.05) is 40.0 Å². The van der Waals surface area contributed by atoms with Crippen molar-refractivity contribution in [1.29, 1.82) is 0 Å². The standard InChI is InChI=1S/C43H68N6O7.C3H8/c1-11-28(4)39(48(8)37(51)25-45-43(54)38(27(2)3)47(7)26-31-17-15-20-33(44)23-31)35(55-9)24-36(50)49-22-16-21-34(49)41(56-10)29(5)42(53)46-30(6)40(52)32-18-13-12-14-19-32;1-3-2/h12-15,17-20,23,27-30,34-35,38-41,52H,11,16,21-22,24-26,44H2,1-10H3,(H,45,54)(H,46,53);3H2,1-2H3. The van der Waals surface area contributed by atoms with E-state index in [9.17, 15) is 24.3 Å². The van der Waals surface area contributed by atoms with Gasteiger partial charge >= 0.3 is 0 Å². The lowest BCUT2D eigenvalue weighted by Gasteiger charge is -2.39. The number of likely N-dealkylation sites (N-methyl/N-ethyl adjacent to an activating group) is 2. The highest BCUT2D eigenvalue weighted by Crippen LogP contribution is 2.30. The van der Waals surface area contributed by atoms with Gasteiger partial charge in [-0.1, -0.05) is 104 Å². The second-order valence-electron chi connectivity index (χ2n) is 16.6. The zero-order valence-electron chi connectivity index (χ0n) is 37.9. The number of hydrogen-bond donors (Lipinski definition) is 4. The summed E-state index contributed by atoms with van der Waals surface area (Å²) in [5.74, 6) is -1.61. The fraction of sp³-hybridized carbons (Fsp3) is 0.652. The molecule has 0 saturated carbocycles. The van der Waals surface area contributed by atoms with Gasteiger partial charge in [-0.2, -0.15) is 0 Å². The van der Waals surface area contributed by atoms with Crippen LogP contribution in [0.25, 0.3) is 0 Å². The first kappa shape index (κ1) is 51.1. The largest absolute Gasteiger partial charge is 0.399 e. The molecule has 9 atom stereocenters. The van der Waals surface area contributed by atoms with Gasteiger partial charge in [0.1, 0.15) is 0 Å². The van der Waals surface area contributed by atoms with Crippen molar-refractivity contribution in [3.8, 4) is 0 Å². The molecule has 0 radical (unpaired) electrons. The molecule has 0 bridgehead atoms. The van der Waals surface area contributed by atoms with Gasteiger partial charge in [0.2, 0.25) is 23.6 Å². The van der Waals surface area contributed by atoms with E-state index < -0.39 is 42.4 Å². The molecule has 2 aromatic carbocycles. The number of anilines is 1. The van der Waals surface area contributed by atoms with E-state index in [1.54, 1.807) is 44.9 Å². The lowest BCUT2D eigenvalue weighted by atomic mass is 9.90. The van der Waals surface area contributed by atoms with E-state index in [0.29, 0.717) is 30.8 Å². The second kappa shape index (κ2) is 25.6. The van der Waals surface area contributed by atoms with E-state index in [-0.39, 0.29) is 54.5 Å². The van der Waals surface area contributed by atoms with Crippen LogP contribution in [0.2, 0.25) is 0 Å². The Balaban J connectivity index is 0.00000387. The molecule has 13 heteroatoms. The van der Waals surface area contributed by atoms with Gasteiger partial charge in [0.15, 0.2) is 0 Å². The molecule has 1 aliphatic rings. The van der Waals surface area contributed by atoms with E-state index in [1.807, 2.05) is 94.2 Å². The molecule has 13 nitrogen and oxygen atoms in total. The van der Waals surface area contributed by atoms with Crippen molar-refractivity contribution < 1.29 is 33.8 Å². The molecule has 9 unspecified atom stereocenters. The maximum atomic E-state index is 14.1.